The van der Waals surface area contributed by atoms with E-state index in [-0.39, 0.29) is 5.97 Å². The van der Waals surface area contributed by atoms with Crippen molar-refractivity contribution in [1.29, 1.82) is 0 Å². The summed E-state index contributed by atoms with van der Waals surface area (Å²) in [4.78, 5) is 11.7. The van der Waals surface area contributed by atoms with Gasteiger partial charge in [0.2, 0.25) is 0 Å². The van der Waals surface area contributed by atoms with E-state index in [9.17, 15) is 4.79 Å². The fourth-order valence-corrected chi connectivity index (χ4v) is 3.71. The molecule has 0 heterocycles. The highest BCUT2D eigenvalue weighted by Crippen LogP contribution is 2.41. The summed E-state index contributed by atoms with van der Waals surface area (Å²) in [6, 6.07) is 25.5. The Morgan fingerprint density at radius 2 is 1.57 bits per heavy atom. The number of hydrogen-bond donors (Lipinski definition) is 0. The van der Waals surface area contributed by atoms with Gasteiger partial charge in [-0.25, -0.2) is 4.79 Å². The fourth-order valence-electron chi connectivity index (χ4n) is 3.71. The molecule has 0 aromatic heterocycles. The molecule has 0 spiro atoms. The normalized spacial score (nSPS) is 10.9. The van der Waals surface area contributed by atoms with E-state index in [0.717, 1.165) is 51.1 Å². The van der Waals surface area contributed by atoms with Crippen LogP contribution in [0.2, 0.25) is 0 Å². The van der Waals surface area contributed by atoms with E-state index in [1.807, 2.05) is 79.7 Å². The number of rotatable bonds is 9. The molecule has 4 rings (SSSR count). The van der Waals surface area contributed by atoms with Crippen LogP contribution >= 0.6 is 0 Å². The molecule has 0 amide bonds. The van der Waals surface area contributed by atoms with Crippen LogP contribution in [0.25, 0.3) is 28.0 Å². The highest BCUT2D eigenvalue weighted by Gasteiger charge is 2.14. The largest absolute Gasteiger partial charge is 0.497 e. The van der Waals surface area contributed by atoms with Gasteiger partial charge in [-0.1, -0.05) is 37.3 Å². The van der Waals surface area contributed by atoms with Gasteiger partial charge in [-0.2, -0.15) is 0 Å². The Bertz CT molecular complexity index is 1340. The van der Waals surface area contributed by atoms with Crippen molar-refractivity contribution >= 4 is 22.8 Å². The minimum absolute atomic E-state index is 0.346. The predicted octanol–water partition coefficient (Wildman–Crippen LogP) is 7.28. The third-order valence-electron chi connectivity index (χ3n) is 5.52. The summed E-state index contributed by atoms with van der Waals surface area (Å²) < 4.78 is 22.4. The molecule has 0 saturated heterocycles. The van der Waals surface area contributed by atoms with Crippen molar-refractivity contribution in [3.63, 3.8) is 0 Å². The van der Waals surface area contributed by atoms with Gasteiger partial charge in [0.25, 0.3) is 0 Å². The summed E-state index contributed by atoms with van der Waals surface area (Å²) in [7, 11) is 3.31. The Balaban J connectivity index is 1.69. The van der Waals surface area contributed by atoms with Crippen LogP contribution in [0.3, 0.4) is 0 Å². The quantitative estimate of drug-likeness (QED) is 0.191. The summed E-state index contributed by atoms with van der Waals surface area (Å²) >= 11 is 0. The van der Waals surface area contributed by atoms with Crippen molar-refractivity contribution in [2.75, 3.05) is 20.8 Å². The van der Waals surface area contributed by atoms with Crippen LogP contribution in [0.4, 0.5) is 0 Å². The minimum Gasteiger partial charge on any atom is -0.497 e. The first-order valence-corrected chi connectivity index (χ1v) is 11.5. The number of hydrogen-bond acceptors (Lipinski definition) is 5. The van der Waals surface area contributed by atoms with Gasteiger partial charge >= 0.3 is 5.97 Å². The maximum absolute atomic E-state index is 11.7. The zero-order chi connectivity index (χ0) is 24.6. The molecule has 5 heteroatoms. The molecule has 35 heavy (non-hydrogen) atoms. The Labute approximate surface area is 205 Å². The van der Waals surface area contributed by atoms with Gasteiger partial charge in [-0.05, 0) is 77.5 Å². The number of fused-ring (bicyclic) bond motifs is 1. The molecule has 0 bridgehead atoms. The molecule has 5 nitrogen and oxygen atoms in total. The second-order valence-corrected chi connectivity index (χ2v) is 7.93. The van der Waals surface area contributed by atoms with E-state index in [4.69, 9.17) is 18.9 Å². The fraction of sp³-hybridized carbons (Fsp3) is 0.167. The van der Waals surface area contributed by atoms with Crippen LogP contribution in [-0.4, -0.2) is 26.8 Å². The van der Waals surface area contributed by atoms with Gasteiger partial charge in [0.05, 0.1) is 20.8 Å². The molecule has 0 atom stereocenters. The topological polar surface area (TPSA) is 54.0 Å². The van der Waals surface area contributed by atoms with Crippen LogP contribution in [0.1, 0.15) is 18.9 Å². The second-order valence-electron chi connectivity index (χ2n) is 7.93. The molecule has 4 aromatic rings. The molecule has 0 fully saturated rings. The number of esters is 1. The number of methoxy groups -OCH3 is 2. The van der Waals surface area contributed by atoms with Crippen LogP contribution in [-0.2, 0) is 9.53 Å². The molecule has 0 saturated carbocycles. The van der Waals surface area contributed by atoms with E-state index >= 15 is 0 Å². The monoisotopic (exact) mass is 468 g/mol. The summed E-state index contributed by atoms with van der Waals surface area (Å²) in [6.45, 7) is 2.38. The van der Waals surface area contributed by atoms with E-state index in [0.29, 0.717) is 12.4 Å². The van der Waals surface area contributed by atoms with Crippen molar-refractivity contribution in [3.8, 4) is 34.1 Å². The Morgan fingerprint density at radius 1 is 0.829 bits per heavy atom. The lowest BCUT2D eigenvalue weighted by molar-refractivity contribution is -0.137. The van der Waals surface area contributed by atoms with Gasteiger partial charge in [0.1, 0.15) is 23.0 Å². The van der Waals surface area contributed by atoms with Crippen LogP contribution < -0.4 is 14.2 Å². The first kappa shape index (κ1) is 23.9. The molecular weight excluding hydrogens is 440 g/mol. The third kappa shape index (κ3) is 5.82. The van der Waals surface area contributed by atoms with Gasteiger partial charge < -0.3 is 18.9 Å². The molecule has 0 radical (unpaired) electrons. The molecule has 0 N–H and O–H groups in total. The minimum atomic E-state index is -0.346. The van der Waals surface area contributed by atoms with Gasteiger partial charge in [-0.15, -0.1) is 0 Å². The van der Waals surface area contributed by atoms with Gasteiger partial charge in [0.15, 0.2) is 0 Å². The zero-order valence-corrected chi connectivity index (χ0v) is 20.1. The molecule has 0 aliphatic heterocycles. The number of carbonyl (C=O) groups is 1. The SMILES string of the molecule is CCCOC(=O)C=Cc1ccc(Oc2c(-c3cccc(OC)c3)ccc3cc(OC)ccc23)cc1. The van der Waals surface area contributed by atoms with Crippen molar-refractivity contribution in [2.24, 2.45) is 0 Å². The Kier molecular flexibility index (Phi) is 7.68. The first-order valence-electron chi connectivity index (χ1n) is 11.5. The van der Waals surface area contributed by atoms with Gasteiger partial charge in [0, 0.05) is 17.0 Å². The van der Waals surface area contributed by atoms with Crippen LogP contribution in [0.15, 0.2) is 84.9 Å². The lowest BCUT2D eigenvalue weighted by Gasteiger charge is -2.16. The average molecular weight is 469 g/mol. The lowest BCUT2D eigenvalue weighted by Crippen LogP contribution is -2.00. The Morgan fingerprint density at radius 3 is 2.31 bits per heavy atom. The summed E-state index contributed by atoms with van der Waals surface area (Å²) in [6.07, 6.45) is 3.96. The Hall–Kier alpha value is -4.25. The van der Waals surface area contributed by atoms with Crippen LogP contribution in [0.5, 0.6) is 23.0 Å². The lowest BCUT2D eigenvalue weighted by atomic mass is 9.99. The molecule has 0 unspecified atom stereocenters. The maximum atomic E-state index is 11.7. The molecule has 0 aliphatic rings. The zero-order valence-electron chi connectivity index (χ0n) is 20.1. The smallest absolute Gasteiger partial charge is 0.330 e. The number of benzene rings is 4. The average Bonchev–Trinajstić information content (AvgIpc) is 2.91. The van der Waals surface area contributed by atoms with E-state index in [1.165, 1.54) is 6.08 Å². The second kappa shape index (κ2) is 11.3. The summed E-state index contributed by atoms with van der Waals surface area (Å²) in [5.74, 6) is 2.64. The molecule has 178 valence electrons. The summed E-state index contributed by atoms with van der Waals surface area (Å²) in [5, 5.41) is 1.98. The van der Waals surface area contributed by atoms with Crippen molar-refractivity contribution < 1.29 is 23.7 Å². The highest BCUT2D eigenvalue weighted by molar-refractivity contribution is 5.96. The van der Waals surface area contributed by atoms with Crippen molar-refractivity contribution in [3.05, 3.63) is 90.5 Å². The van der Waals surface area contributed by atoms with Crippen molar-refractivity contribution in [2.45, 2.75) is 13.3 Å². The first-order chi connectivity index (χ1) is 17.1. The van der Waals surface area contributed by atoms with E-state index in [1.54, 1.807) is 20.3 Å². The van der Waals surface area contributed by atoms with E-state index < -0.39 is 0 Å². The van der Waals surface area contributed by atoms with Crippen molar-refractivity contribution in [1.82, 2.24) is 0 Å². The summed E-state index contributed by atoms with van der Waals surface area (Å²) in [5.41, 5.74) is 2.81. The number of carbonyl (C=O) groups excluding carboxylic acids is 1. The highest BCUT2D eigenvalue weighted by atomic mass is 16.5. The van der Waals surface area contributed by atoms with Crippen LogP contribution in [0, 0.1) is 0 Å². The standard InChI is InChI=1S/C30H28O5/c1-4-18-34-29(31)17-10-21-8-12-24(13-9-21)35-30-27(22-6-5-7-25(19-22)32-2)15-11-23-20-26(33-3)14-16-28(23)30/h5-17,19-20H,4,18H2,1-3H3. The molecule has 0 aliphatic carbocycles. The van der Waals surface area contributed by atoms with Gasteiger partial charge in [-0.3, -0.25) is 0 Å². The van der Waals surface area contributed by atoms with E-state index in [2.05, 4.69) is 6.07 Å². The third-order valence-corrected chi connectivity index (χ3v) is 5.52. The number of ether oxygens (including phenoxy) is 4. The maximum Gasteiger partial charge on any atom is 0.330 e. The molecule has 4 aromatic carbocycles. The molecular formula is C30H28O5. The predicted molar refractivity (Wildman–Crippen MR) is 139 cm³/mol.